The molecule has 0 aromatic rings. The summed E-state index contributed by atoms with van der Waals surface area (Å²) in [5, 5.41) is 8.92. The van der Waals surface area contributed by atoms with Crippen molar-refractivity contribution in [2.45, 2.75) is 39.3 Å². The summed E-state index contributed by atoms with van der Waals surface area (Å²) in [5.74, 6) is -0.0960. The number of nitrogens with zero attached hydrogens (tertiary/aromatic N) is 2. The number of carboxylic acid groups (broad SMARTS) is 1. The quantitative estimate of drug-likeness (QED) is 0.786. The van der Waals surface area contributed by atoms with Gasteiger partial charge in [0.25, 0.3) is 0 Å². The first kappa shape index (κ1) is 13.5. The highest BCUT2D eigenvalue weighted by molar-refractivity contribution is 5.67. The van der Waals surface area contributed by atoms with Gasteiger partial charge in [-0.1, -0.05) is 6.92 Å². The van der Waals surface area contributed by atoms with Crippen molar-refractivity contribution in [2.24, 2.45) is 5.92 Å². The van der Waals surface area contributed by atoms with E-state index in [-0.39, 0.29) is 12.5 Å². The first-order valence-electron chi connectivity index (χ1n) is 6.06. The molecule has 1 heterocycles. The van der Waals surface area contributed by atoms with Crippen molar-refractivity contribution in [3.63, 3.8) is 0 Å². The summed E-state index contributed by atoms with van der Waals surface area (Å²) in [7, 11) is 2.04. The zero-order valence-corrected chi connectivity index (χ0v) is 10.8. The molecule has 2 atom stereocenters. The van der Waals surface area contributed by atoms with E-state index in [1.807, 2.05) is 7.05 Å². The maximum absolute atomic E-state index is 10.8. The molecular weight excluding hydrogens is 204 g/mol. The molecule has 1 saturated heterocycles. The van der Waals surface area contributed by atoms with Crippen LogP contribution in [0, 0.1) is 5.92 Å². The van der Waals surface area contributed by atoms with Gasteiger partial charge in [0.1, 0.15) is 0 Å². The van der Waals surface area contributed by atoms with E-state index in [9.17, 15) is 4.79 Å². The zero-order chi connectivity index (χ0) is 12.3. The van der Waals surface area contributed by atoms with Crippen LogP contribution in [0.3, 0.4) is 0 Å². The summed E-state index contributed by atoms with van der Waals surface area (Å²) in [6.45, 7) is 9.50. The fraction of sp³-hybridized carbons (Fsp3) is 0.917. The van der Waals surface area contributed by atoms with Gasteiger partial charge in [0.15, 0.2) is 0 Å². The standard InChI is InChI=1S/C12H24N2O2/c1-9(2)14-7-10(3)6-13(4)11(8-14)5-12(15)16/h9-11H,5-8H2,1-4H3,(H,15,16). The third-order valence-electron chi connectivity index (χ3n) is 3.35. The van der Waals surface area contributed by atoms with Gasteiger partial charge in [-0.05, 0) is 26.8 Å². The van der Waals surface area contributed by atoms with Crippen LogP contribution in [0.5, 0.6) is 0 Å². The Bertz CT molecular complexity index is 243. The Morgan fingerprint density at radius 2 is 2.00 bits per heavy atom. The number of hydrogen-bond acceptors (Lipinski definition) is 3. The van der Waals surface area contributed by atoms with Gasteiger partial charge >= 0.3 is 5.97 Å². The van der Waals surface area contributed by atoms with E-state index in [1.165, 1.54) is 0 Å². The molecule has 4 nitrogen and oxygen atoms in total. The van der Waals surface area contributed by atoms with Crippen molar-refractivity contribution >= 4 is 5.97 Å². The summed E-state index contributed by atoms with van der Waals surface area (Å²) in [6, 6.07) is 0.634. The second kappa shape index (κ2) is 5.64. The van der Waals surface area contributed by atoms with Crippen molar-refractivity contribution in [3.8, 4) is 0 Å². The van der Waals surface area contributed by atoms with E-state index in [0.29, 0.717) is 12.0 Å². The molecule has 2 unspecified atom stereocenters. The molecule has 16 heavy (non-hydrogen) atoms. The zero-order valence-electron chi connectivity index (χ0n) is 10.8. The molecule has 1 rings (SSSR count). The Hall–Kier alpha value is -0.610. The number of carbonyl (C=O) groups is 1. The smallest absolute Gasteiger partial charge is 0.304 e. The summed E-state index contributed by atoms with van der Waals surface area (Å²) >= 11 is 0. The van der Waals surface area contributed by atoms with E-state index in [2.05, 4.69) is 30.6 Å². The topological polar surface area (TPSA) is 43.8 Å². The van der Waals surface area contributed by atoms with Crippen LogP contribution in [-0.4, -0.2) is 59.6 Å². The van der Waals surface area contributed by atoms with Gasteiger partial charge in [0.2, 0.25) is 0 Å². The van der Waals surface area contributed by atoms with Crippen LogP contribution in [0.15, 0.2) is 0 Å². The van der Waals surface area contributed by atoms with Gasteiger partial charge in [-0.15, -0.1) is 0 Å². The molecule has 0 radical (unpaired) electrons. The lowest BCUT2D eigenvalue weighted by Crippen LogP contribution is -2.42. The lowest BCUT2D eigenvalue weighted by Gasteiger charge is -2.30. The fourth-order valence-corrected chi connectivity index (χ4v) is 2.43. The van der Waals surface area contributed by atoms with Crippen molar-refractivity contribution in [1.82, 2.24) is 9.80 Å². The molecular formula is C12H24N2O2. The van der Waals surface area contributed by atoms with Crippen molar-refractivity contribution < 1.29 is 9.90 Å². The van der Waals surface area contributed by atoms with Crippen LogP contribution >= 0.6 is 0 Å². The van der Waals surface area contributed by atoms with E-state index < -0.39 is 5.97 Å². The minimum atomic E-state index is -0.699. The summed E-state index contributed by atoms with van der Waals surface area (Å²) in [5.41, 5.74) is 0. The largest absolute Gasteiger partial charge is 0.481 e. The predicted octanol–water partition coefficient (Wildman–Crippen LogP) is 1.12. The van der Waals surface area contributed by atoms with Gasteiger partial charge in [0.05, 0.1) is 6.42 Å². The third-order valence-corrected chi connectivity index (χ3v) is 3.35. The van der Waals surface area contributed by atoms with Crippen molar-refractivity contribution in [1.29, 1.82) is 0 Å². The van der Waals surface area contributed by atoms with E-state index in [1.54, 1.807) is 0 Å². The van der Waals surface area contributed by atoms with Crippen LogP contribution in [0.4, 0.5) is 0 Å². The number of carboxylic acids is 1. The van der Waals surface area contributed by atoms with Crippen LogP contribution < -0.4 is 0 Å². The maximum atomic E-state index is 10.8. The number of hydrogen-bond donors (Lipinski definition) is 1. The number of aliphatic carboxylic acids is 1. The highest BCUT2D eigenvalue weighted by Gasteiger charge is 2.28. The first-order chi connectivity index (χ1) is 7.40. The second-order valence-electron chi connectivity index (χ2n) is 5.34. The monoisotopic (exact) mass is 228 g/mol. The second-order valence-corrected chi connectivity index (χ2v) is 5.34. The minimum Gasteiger partial charge on any atom is -0.481 e. The molecule has 0 spiro atoms. The summed E-state index contributed by atoms with van der Waals surface area (Å²) in [6.07, 6.45) is 0.242. The van der Waals surface area contributed by atoms with Crippen LogP contribution in [0.25, 0.3) is 0 Å². The molecule has 0 aliphatic carbocycles. The van der Waals surface area contributed by atoms with Crippen molar-refractivity contribution in [3.05, 3.63) is 0 Å². The van der Waals surface area contributed by atoms with Gasteiger partial charge in [-0.25, -0.2) is 0 Å². The molecule has 4 heteroatoms. The molecule has 0 bridgehead atoms. The Labute approximate surface area is 98.2 Å². The molecule has 0 saturated carbocycles. The van der Waals surface area contributed by atoms with E-state index in [0.717, 1.165) is 19.6 Å². The lowest BCUT2D eigenvalue weighted by molar-refractivity contribution is -0.138. The molecule has 1 aliphatic rings. The van der Waals surface area contributed by atoms with E-state index in [4.69, 9.17) is 5.11 Å². The van der Waals surface area contributed by atoms with Gasteiger partial charge in [-0.3, -0.25) is 9.69 Å². The Morgan fingerprint density at radius 1 is 1.38 bits per heavy atom. The van der Waals surface area contributed by atoms with Crippen molar-refractivity contribution in [2.75, 3.05) is 26.7 Å². The number of rotatable bonds is 3. The average Bonchev–Trinajstić information content (AvgIpc) is 2.25. The third kappa shape index (κ3) is 3.76. The minimum absolute atomic E-state index is 0.143. The highest BCUT2D eigenvalue weighted by Crippen LogP contribution is 2.16. The van der Waals surface area contributed by atoms with Crippen LogP contribution in [0.2, 0.25) is 0 Å². The number of likely N-dealkylation sites (N-methyl/N-ethyl adjacent to an activating group) is 1. The molecule has 0 amide bonds. The van der Waals surface area contributed by atoms with Gasteiger partial charge < -0.3 is 10.0 Å². The Balaban J connectivity index is 2.70. The molecule has 0 aromatic heterocycles. The molecule has 1 aliphatic heterocycles. The molecule has 1 fully saturated rings. The van der Waals surface area contributed by atoms with Gasteiger partial charge in [-0.2, -0.15) is 0 Å². The molecule has 1 N–H and O–H groups in total. The van der Waals surface area contributed by atoms with Crippen LogP contribution in [-0.2, 0) is 4.79 Å². The first-order valence-corrected chi connectivity index (χ1v) is 6.06. The lowest BCUT2D eigenvalue weighted by atomic mass is 10.1. The van der Waals surface area contributed by atoms with Gasteiger partial charge in [0, 0.05) is 31.7 Å². The summed E-state index contributed by atoms with van der Waals surface area (Å²) in [4.78, 5) is 15.4. The Kier molecular flexibility index (Phi) is 4.74. The predicted molar refractivity (Wildman–Crippen MR) is 64.5 cm³/mol. The fourth-order valence-electron chi connectivity index (χ4n) is 2.43. The average molecular weight is 228 g/mol. The SMILES string of the molecule is CC1CN(C)C(CC(=O)O)CN(C(C)C)C1. The summed E-state index contributed by atoms with van der Waals surface area (Å²) < 4.78 is 0. The van der Waals surface area contributed by atoms with E-state index >= 15 is 0 Å². The molecule has 0 aromatic carbocycles. The maximum Gasteiger partial charge on any atom is 0.304 e. The Morgan fingerprint density at radius 3 is 2.50 bits per heavy atom. The highest BCUT2D eigenvalue weighted by atomic mass is 16.4. The normalized spacial score (nSPS) is 29.3. The molecule has 94 valence electrons. The van der Waals surface area contributed by atoms with Crippen LogP contribution in [0.1, 0.15) is 27.2 Å².